The SMILES string of the molecule is Bc1[nH]c(CC)c(CC)c1CC. The maximum absolute atomic E-state index is 3.46. The minimum absolute atomic E-state index is 1.13. The van der Waals surface area contributed by atoms with E-state index in [1.807, 2.05) is 0 Å². The van der Waals surface area contributed by atoms with Crippen LogP contribution in [0.2, 0.25) is 0 Å². The maximum atomic E-state index is 3.46. The van der Waals surface area contributed by atoms with E-state index in [0.29, 0.717) is 0 Å². The molecule has 0 saturated heterocycles. The molecule has 0 unspecified atom stereocenters. The van der Waals surface area contributed by atoms with Gasteiger partial charge in [-0.1, -0.05) is 20.8 Å². The lowest BCUT2D eigenvalue weighted by Gasteiger charge is -2.00. The standard InChI is InChI=1S/C10H18BN/c1-4-7-8(5-2)10(11)12-9(7)6-3/h12H,4-6,11H2,1-3H3. The van der Waals surface area contributed by atoms with Crippen molar-refractivity contribution in [2.75, 3.05) is 0 Å². The zero-order valence-corrected chi connectivity index (χ0v) is 8.62. The van der Waals surface area contributed by atoms with Gasteiger partial charge >= 0.3 is 0 Å². The van der Waals surface area contributed by atoms with Crippen molar-refractivity contribution in [3.63, 3.8) is 0 Å². The van der Waals surface area contributed by atoms with Crippen LogP contribution in [0.4, 0.5) is 0 Å². The fourth-order valence-electron chi connectivity index (χ4n) is 1.99. The average Bonchev–Trinajstić information content (AvgIpc) is 2.40. The molecule has 0 aliphatic heterocycles. The highest BCUT2D eigenvalue weighted by Crippen LogP contribution is 2.13. The summed E-state index contributed by atoms with van der Waals surface area (Å²) in [5.74, 6) is 0. The lowest BCUT2D eigenvalue weighted by atomic mass is 9.94. The number of rotatable bonds is 3. The second-order valence-corrected chi connectivity index (χ2v) is 3.25. The maximum Gasteiger partial charge on any atom is 0.161 e. The molecule has 1 rings (SSSR count). The minimum atomic E-state index is 1.13. The van der Waals surface area contributed by atoms with Crippen molar-refractivity contribution in [2.24, 2.45) is 0 Å². The molecule has 1 heterocycles. The lowest BCUT2D eigenvalue weighted by Crippen LogP contribution is -2.09. The van der Waals surface area contributed by atoms with Gasteiger partial charge < -0.3 is 4.98 Å². The molecule has 2 heteroatoms. The van der Waals surface area contributed by atoms with E-state index in [1.54, 1.807) is 5.56 Å². The van der Waals surface area contributed by atoms with Crippen LogP contribution in [0.15, 0.2) is 0 Å². The predicted octanol–water partition coefficient (Wildman–Crippen LogP) is 0.960. The van der Waals surface area contributed by atoms with Crippen molar-refractivity contribution < 1.29 is 0 Å². The number of H-pyrrole nitrogens is 1. The number of hydrogen-bond donors (Lipinski definition) is 1. The Balaban J connectivity index is 3.16. The molecule has 1 aromatic rings. The molecular weight excluding hydrogens is 145 g/mol. The van der Waals surface area contributed by atoms with Crippen LogP contribution in [-0.2, 0) is 19.3 Å². The van der Waals surface area contributed by atoms with E-state index in [1.165, 1.54) is 16.9 Å². The van der Waals surface area contributed by atoms with Gasteiger partial charge in [-0.25, -0.2) is 0 Å². The zero-order chi connectivity index (χ0) is 9.14. The van der Waals surface area contributed by atoms with Gasteiger partial charge in [0, 0.05) is 5.69 Å². The van der Waals surface area contributed by atoms with Crippen molar-refractivity contribution >= 4 is 13.4 Å². The van der Waals surface area contributed by atoms with Crippen LogP contribution in [-0.4, -0.2) is 12.8 Å². The van der Waals surface area contributed by atoms with Crippen LogP contribution < -0.4 is 5.59 Å². The van der Waals surface area contributed by atoms with E-state index in [-0.39, 0.29) is 0 Å². The van der Waals surface area contributed by atoms with Gasteiger partial charge in [-0.2, -0.15) is 0 Å². The first-order chi connectivity index (χ1) is 5.74. The molecule has 0 saturated carbocycles. The van der Waals surface area contributed by atoms with Crippen molar-refractivity contribution in [2.45, 2.75) is 40.0 Å². The Morgan fingerprint density at radius 2 is 1.58 bits per heavy atom. The highest BCUT2D eigenvalue weighted by atomic mass is 14.7. The van der Waals surface area contributed by atoms with Gasteiger partial charge in [0.25, 0.3) is 0 Å². The molecule has 0 aliphatic rings. The first kappa shape index (κ1) is 9.43. The highest BCUT2D eigenvalue weighted by Gasteiger charge is 2.09. The van der Waals surface area contributed by atoms with Gasteiger partial charge in [-0.05, 0) is 36.0 Å². The molecule has 66 valence electrons. The fraction of sp³-hybridized carbons (Fsp3) is 0.600. The molecule has 0 aromatic carbocycles. The molecule has 1 N–H and O–H groups in total. The normalized spacial score (nSPS) is 10.6. The van der Waals surface area contributed by atoms with Crippen LogP contribution in [0, 0.1) is 0 Å². The van der Waals surface area contributed by atoms with E-state index in [0.717, 1.165) is 19.3 Å². The van der Waals surface area contributed by atoms with E-state index < -0.39 is 0 Å². The summed E-state index contributed by atoms with van der Waals surface area (Å²) in [4.78, 5) is 3.46. The number of aromatic nitrogens is 1. The van der Waals surface area contributed by atoms with Gasteiger partial charge in [0.2, 0.25) is 0 Å². The molecule has 0 radical (unpaired) electrons. The zero-order valence-electron chi connectivity index (χ0n) is 8.62. The molecule has 0 aliphatic carbocycles. The Morgan fingerprint density at radius 1 is 1.00 bits per heavy atom. The molecule has 1 aromatic heterocycles. The monoisotopic (exact) mass is 163 g/mol. The Morgan fingerprint density at radius 3 is 2.00 bits per heavy atom. The van der Waals surface area contributed by atoms with E-state index in [4.69, 9.17) is 0 Å². The molecule has 0 fully saturated rings. The van der Waals surface area contributed by atoms with Crippen molar-refractivity contribution in [1.29, 1.82) is 0 Å². The van der Waals surface area contributed by atoms with Crippen molar-refractivity contribution in [3.8, 4) is 0 Å². The third-order valence-electron chi connectivity index (χ3n) is 2.58. The summed E-state index contributed by atoms with van der Waals surface area (Å²) in [6.45, 7) is 6.68. The van der Waals surface area contributed by atoms with E-state index in [2.05, 4.69) is 33.6 Å². The van der Waals surface area contributed by atoms with E-state index >= 15 is 0 Å². The summed E-state index contributed by atoms with van der Waals surface area (Å²) in [7, 11) is 2.18. The van der Waals surface area contributed by atoms with Gasteiger partial charge in [0.1, 0.15) is 0 Å². The fourth-order valence-corrected chi connectivity index (χ4v) is 1.99. The van der Waals surface area contributed by atoms with Gasteiger partial charge in [0.05, 0.1) is 0 Å². The van der Waals surface area contributed by atoms with Crippen LogP contribution in [0.1, 0.15) is 37.6 Å². The summed E-state index contributed by atoms with van der Waals surface area (Å²) < 4.78 is 0. The van der Waals surface area contributed by atoms with Gasteiger partial charge in [-0.15, -0.1) is 0 Å². The quantitative estimate of drug-likeness (QED) is 0.639. The third-order valence-corrected chi connectivity index (χ3v) is 2.58. The summed E-state index contributed by atoms with van der Waals surface area (Å²) >= 11 is 0. The smallest absolute Gasteiger partial charge is 0.161 e. The Bertz CT molecular complexity index is 263. The molecule has 1 nitrogen and oxygen atoms in total. The van der Waals surface area contributed by atoms with Crippen molar-refractivity contribution in [1.82, 2.24) is 4.98 Å². The first-order valence-electron chi connectivity index (χ1n) is 4.93. The van der Waals surface area contributed by atoms with Crippen LogP contribution in [0.5, 0.6) is 0 Å². The lowest BCUT2D eigenvalue weighted by molar-refractivity contribution is 0.985. The topological polar surface area (TPSA) is 15.8 Å². The van der Waals surface area contributed by atoms with Gasteiger partial charge in [0.15, 0.2) is 7.85 Å². The average molecular weight is 163 g/mol. The molecule has 0 spiro atoms. The number of hydrogen-bond acceptors (Lipinski definition) is 0. The van der Waals surface area contributed by atoms with Gasteiger partial charge in [-0.3, -0.25) is 0 Å². The van der Waals surface area contributed by atoms with E-state index in [9.17, 15) is 0 Å². The molecule has 0 atom stereocenters. The van der Waals surface area contributed by atoms with Crippen molar-refractivity contribution in [3.05, 3.63) is 16.8 Å². The molecule has 0 amide bonds. The summed E-state index contributed by atoms with van der Waals surface area (Å²) in [6.07, 6.45) is 3.45. The molecular formula is C10H18BN. The largest absolute Gasteiger partial charge is 0.371 e. The third kappa shape index (κ3) is 1.43. The predicted molar refractivity (Wildman–Crippen MR) is 57.1 cm³/mol. The summed E-state index contributed by atoms with van der Waals surface area (Å²) in [5, 5.41) is 0. The minimum Gasteiger partial charge on any atom is -0.371 e. The van der Waals surface area contributed by atoms with Crippen LogP contribution >= 0.6 is 0 Å². The molecule has 12 heavy (non-hydrogen) atoms. The van der Waals surface area contributed by atoms with Crippen LogP contribution in [0.3, 0.4) is 0 Å². The Hall–Kier alpha value is -0.655. The van der Waals surface area contributed by atoms with Crippen LogP contribution in [0.25, 0.3) is 0 Å². The second-order valence-electron chi connectivity index (χ2n) is 3.25. The number of nitrogens with one attached hydrogen (secondary N) is 1. The Kier molecular flexibility index (Phi) is 3.02. The molecule has 0 bridgehead atoms. The summed E-state index contributed by atoms with van der Waals surface area (Å²) in [5.41, 5.74) is 5.89. The first-order valence-corrected chi connectivity index (χ1v) is 4.93. The number of aryl methyl sites for hydroxylation is 1. The number of aromatic amines is 1. The second kappa shape index (κ2) is 3.84. The summed E-state index contributed by atoms with van der Waals surface area (Å²) in [6, 6.07) is 0. The Labute approximate surface area is 76.0 Å². The highest BCUT2D eigenvalue weighted by molar-refractivity contribution is 6.32.